The molecule has 2 atom stereocenters. The number of ether oxygens (including phenoxy) is 1. The summed E-state index contributed by atoms with van der Waals surface area (Å²) in [6.07, 6.45) is 0.483. The van der Waals surface area contributed by atoms with Crippen LogP contribution in [-0.4, -0.2) is 42.1 Å². The van der Waals surface area contributed by atoms with E-state index >= 15 is 0 Å². The van der Waals surface area contributed by atoms with E-state index in [1.165, 1.54) is 0 Å². The van der Waals surface area contributed by atoms with Gasteiger partial charge >= 0.3 is 5.97 Å². The summed E-state index contributed by atoms with van der Waals surface area (Å²) in [4.78, 5) is 42.4. The number of nitrogens with zero attached hydrogens (tertiary/aromatic N) is 2. The lowest BCUT2D eigenvalue weighted by Gasteiger charge is -2.40. The zero-order chi connectivity index (χ0) is 28.3. The second-order valence-corrected chi connectivity index (χ2v) is 10.9. The van der Waals surface area contributed by atoms with Crippen LogP contribution in [0.1, 0.15) is 56.0 Å². The van der Waals surface area contributed by atoms with Crippen LogP contribution in [0.2, 0.25) is 5.02 Å². The molecule has 0 aliphatic carbocycles. The number of fused-ring (bicyclic) bond motifs is 1. The SMILES string of the molecule is CCN(C(=O)[C@@H]1C[C@@H](C)N(C(=O)c2ccc(OCC(C)(C)C(=O)O)cc2)c2ccccc21)c1ccc(Cl)cc1. The molecule has 0 radical (unpaired) electrons. The lowest BCUT2D eigenvalue weighted by Crippen LogP contribution is -2.46. The molecule has 1 heterocycles. The quantitative estimate of drug-likeness (QED) is 0.352. The molecular formula is C31H33ClN2O5. The minimum Gasteiger partial charge on any atom is -0.492 e. The van der Waals surface area contributed by atoms with Crippen LogP contribution in [0.5, 0.6) is 5.75 Å². The lowest BCUT2D eigenvalue weighted by molar-refractivity contribution is -0.148. The molecule has 2 amide bonds. The number of para-hydroxylation sites is 1. The van der Waals surface area contributed by atoms with Crippen molar-refractivity contribution >= 4 is 40.8 Å². The number of anilines is 2. The first-order chi connectivity index (χ1) is 18.5. The van der Waals surface area contributed by atoms with E-state index < -0.39 is 17.3 Å². The highest BCUT2D eigenvalue weighted by Crippen LogP contribution is 2.41. The topological polar surface area (TPSA) is 87.2 Å². The van der Waals surface area contributed by atoms with E-state index in [-0.39, 0.29) is 24.5 Å². The van der Waals surface area contributed by atoms with Crippen molar-refractivity contribution in [1.82, 2.24) is 0 Å². The fraction of sp³-hybridized carbons (Fsp3) is 0.323. The van der Waals surface area contributed by atoms with Crippen molar-refractivity contribution in [3.8, 4) is 5.75 Å². The fourth-order valence-corrected chi connectivity index (χ4v) is 4.92. The van der Waals surface area contributed by atoms with Gasteiger partial charge in [-0.25, -0.2) is 0 Å². The average molecular weight is 549 g/mol. The molecule has 0 unspecified atom stereocenters. The van der Waals surface area contributed by atoms with Crippen LogP contribution in [0.25, 0.3) is 0 Å². The summed E-state index contributed by atoms with van der Waals surface area (Å²) in [6.45, 7) is 7.60. The molecule has 1 aliphatic heterocycles. The van der Waals surface area contributed by atoms with Gasteiger partial charge in [0.2, 0.25) is 5.91 Å². The zero-order valence-electron chi connectivity index (χ0n) is 22.6. The Labute approximate surface area is 233 Å². The third-order valence-electron chi connectivity index (χ3n) is 7.11. The Balaban J connectivity index is 1.57. The molecule has 39 heavy (non-hydrogen) atoms. The Hall–Kier alpha value is -3.84. The second kappa shape index (κ2) is 11.5. The number of carbonyl (C=O) groups excluding carboxylic acids is 2. The van der Waals surface area contributed by atoms with Gasteiger partial charge in [0.15, 0.2) is 0 Å². The number of hydrogen-bond acceptors (Lipinski definition) is 4. The highest BCUT2D eigenvalue weighted by molar-refractivity contribution is 6.30. The molecule has 3 aromatic carbocycles. The van der Waals surface area contributed by atoms with Crippen LogP contribution in [0.3, 0.4) is 0 Å². The number of halogens is 1. The monoisotopic (exact) mass is 548 g/mol. The maximum atomic E-state index is 13.8. The highest BCUT2D eigenvalue weighted by Gasteiger charge is 2.39. The number of amides is 2. The molecule has 1 aliphatic rings. The number of carbonyl (C=O) groups is 3. The van der Waals surface area contributed by atoms with Gasteiger partial charge in [-0.15, -0.1) is 0 Å². The van der Waals surface area contributed by atoms with E-state index in [1.54, 1.807) is 60.0 Å². The molecule has 0 bridgehead atoms. The zero-order valence-corrected chi connectivity index (χ0v) is 23.3. The summed E-state index contributed by atoms with van der Waals surface area (Å²) in [5.41, 5.74) is 1.76. The molecule has 7 nitrogen and oxygen atoms in total. The van der Waals surface area contributed by atoms with Crippen LogP contribution in [-0.2, 0) is 9.59 Å². The summed E-state index contributed by atoms with van der Waals surface area (Å²) < 4.78 is 5.65. The predicted octanol–water partition coefficient (Wildman–Crippen LogP) is 6.41. The van der Waals surface area contributed by atoms with Crippen LogP contribution in [0.15, 0.2) is 72.8 Å². The Morgan fingerprint density at radius 2 is 1.67 bits per heavy atom. The lowest BCUT2D eigenvalue weighted by atomic mass is 9.84. The van der Waals surface area contributed by atoms with E-state index in [9.17, 15) is 19.5 Å². The van der Waals surface area contributed by atoms with E-state index in [0.717, 1.165) is 16.9 Å². The number of rotatable bonds is 8. The van der Waals surface area contributed by atoms with Gasteiger partial charge in [0.25, 0.3) is 5.91 Å². The third-order valence-corrected chi connectivity index (χ3v) is 7.36. The van der Waals surface area contributed by atoms with E-state index in [2.05, 4.69) is 0 Å². The first kappa shape index (κ1) is 28.2. The van der Waals surface area contributed by atoms with Gasteiger partial charge in [0.05, 0.1) is 11.3 Å². The minimum absolute atomic E-state index is 0.00633. The van der Waals surface area contributed by atoms with E-state index in [0.29, 0.717) is 29.3 Å². The first-order valence-corrected chi connectivity index (χ1v) is 13.4. The van der Waals surface area contributed by atoms with Gasteiger partial charge in [0, 0.05) is 34.5 Å². The molecule has 1 N–H and O–H groups in total. The van der Waals surface area contributed by atoms with Gasteiger partial charge < -0.3 is 19.6 Å². The molecule has 4 rings (SSSR count). The summed E-state index contributed by atoms with van der Waals surface area (Å²) in [6, 6.07) is 21.3. The summed E-state index contributed by atoms with van der Waals surface area (Å²) >= 11 is 6.05. The number of likely N-dealkylation sites (N-methyl/N-ethyl adjacent to an activating group) is 1. The number of aliphatic carboxylic acids is 1. The minimum atomic E-state index is -1.03. The summed E-state index contributed by atoms with van der Waals surface area (Å²) in [5.74, 6) is -1.05. The number of carboxylic acid groups (broad SMARTS) is 1. The summed E-state index contributed by atoms with van der Waals surface area (Å²) in [5, 5.41) is 9.90. The van der Waals surface area contributed by atoms with Crippen molar-refractivity contribution in [2.24, 2.45) is 5.41 Å². The number of benzene rings is 3. The van der Waals surface area contributed by atoms with Gasteiger partial charge in [-0.1, -0.05) is 29.8 Å². The molecule has 3 aromatic rings. The van der Waals surface area contributed by atoms with Crippen molar-refractivity contribution in [2.45, 2.75) is 46.1 Å². The average Bonchev–Trinajstić information content (AvgIpc) is 2.92. The van der Waals surface area contributed by atoms with Crippen molar-refractivity contribution in [3.63, 3.8) is 0 Å². The summed E-state index contributed by atoms with van der Waals surface area (Å²) in [7, 11) is 0. The molecular weight excluding hydrogens is 516 g/mol. The largest absolute Gasteiger partial charge is 0.492 e. The molecule has 0 aromatic heterocycles. The molecule has 0 spiro atoms. The van der Waals surface area contributed by atoms with Crippen LogP contribution >= 0.6 is 11.6 Å². The molecule has 8 heteroatoms. The smallest absolute Gasteiger partial charge is 0.312 e. The fourth-order valence-electron chi connectivity index (χ4n) is 4.79. The maximum Gasteiger partial charge on any atom is 0.312 e. The van der Waals surface area contributed by atoms with Crippen LogP contribution in [0.4, 0.5) is 11.4 Å². The van der Waals surface area contributed by atoms with Crippen molar-refractivity contribution in [2.75, 3.05) is 23.0 Å². The Morgan fingerprint density at radius 1 is 1.03 bits per heavy atom. The first-order valence-electron chi connectivity index (χ1n) is 13.0. The van der Waals surface area contributed by atoms with Gasteiger partial charge in [-0.2, -0.15) is 0 Å². The second-order valence-electron chi connectivity index (χ2n) is 10.4. The van der Waals surface area contributed by atoms with Crippen molar-refractivity contribution in [3.05, 3.63) is 88.9 Å². The van der Waals surface area contributed by atoms with Crippen molar-refractivity contribution in [1.29, 1.82) is 0 Å². The maximum absolute atomic E-state index is 13.8. The molecule has 0 saturated carbocycles. The molecule has 204 valence electrons. The van der Waals surface area contributed by atoms with Gasteiger partial charge in [-0.05, 0) is 94.3 Å². The van der Waals surface area contributed by atoms with Gasteiger partial charge in [0.1, 0.15) is 12.4 Å². The molecule has 0 fully saturated rings. The molecule has 0 saturated heterocycles. The normalized spacial score (nSPS) is 16.8. The Bertz CT molecular complexity index is 1350. The van der Waals surface area contributed by atoms with E-state index in [4.69, 9.17) is 16.3 Å². The van der Waals surface area contributed by atoms with Crippen LogP contribution in [0, 0.1) is 5.41 Å². The Morgan fingerprint density at radius 3 is 2.28 bits per heavy atom. The highest BCUT2D eigenvalue weighted by atomic mass is 35.5. The number of carboxylic acids is 1. The van der Waals surface area contributed by atoms with Gasteiger partial charge in [-0.3, -0.25) is 14.4 Å². The van der Waals surface area contributed by atoms with Crippen LogP contribution < -0.4 is 14.5 Å². The predicted molar refractivity (Wildman–Crippen MR) is 153 cm³/mol. The van der Waals surface area contributed by atoms with Crippen molar-refractivity contribution < 1.29 is 24.2 Å². The standard InChI is InChI=1S/C31H33ClN2O5/c1-5-33(23-14-12-22(32)13-15-23)29(36)26-18-20(2)34(27-9-7-6-8-25(26)27)28(35)21-10-16-24(17-11-21)39-19-31(3,4)30(37)38/h6-17,20,26H,5,18-19H2,1-4H3,(H,37,38)/t20-,26-/m1/s1. The Kier molecular flexibility index (Phi) is 8.31. The number of hydrogen-bond donors (Lipinski definition) is 1. The third kappa shape index (κ3) is 5.93. The van der Waals surface area contributed by atoms with E-state index in [1.807, 2.05) is 50.2 Å².